The van der Waals surface area contributed by atoms with Crippen molar-refractivity contribution >= 4 is 5.82 Å². The van der Waals surface area contributed by atoms with E-state index >= 15 is 0 Å². The fourth-order valence-electron chi connectivity index (χ4n) is 2.28. The Kier molecular flexibility index (Phi) is 3.11. The molecule has 2 fully saturated rings. The lowest BCUT2D eigenvalue weighted by Gasteiger charge is -2.12. The number of anilines is 1. The van der Waals surface area contributed by atoms with Gasteiger partial charge in [0, 0.05) is 12.5 Å². The van der Waals surface area contributed by atoms with Crippen LogP contribution < -0.4 is 10.6 Å². The molecule has 0 amide bonds. The van der Waals surface area contributed by atoms with Crippen LogP contribution in [0.5, 0.6) is 0 Å². The van der Waals surface area contributed by atoms with Gasteiger partial charge in [-0.15, -0.1) is 0 Å². The minimum atomic E-state index is 0.520. The molecule has 0 spiro atoms. The summed E-state index contributed by atoms with van der Waals surface area (Å²) >= 11 is 0. The Morgan fingerprint density at radius 1 is 1.44 bits per heavy atom. The van der Waals surface area contributed by atoms with Crippen LogP contribution >= 0.6 is 0 Å². The number of hydrogen-bond acceptors (Lipinski definition) is 5. The van der Waals surface area contributed by atoms with Crippen molar-refractivity contribution in [3.63, 3.8) is 0 Å². The van der Waals surface area contributed by atoms with Crippen molar-refractivity contribution < 1.29 is 0 Å². The molecule has 0 unspecified atom stereocenters. The molecule has 2 aliphatic rings. The largest absolute Gasteiger partial charge is 0.369 e. The van der Waals surface area contributed by atoms with Crippen LogP contribution in [-0.4, -0.2) is 29.6 Å². The van der Waals surface area contributed by atoms with Crippen LogP contribution in [0.25, 0.3) is 0 Å². The summed E-state index contributed by atoms with van der Waals surface area (Å²) in [6.07, 6.45) is 5.20. The lowest BCUT2D eigenvalue weighted by molar-refractivity contribution is 0.613. The van der Waals surface area contributed by atoms with Gasteiger partial charge in [-0.1, -0.05) is 0 Å². The minimum Gasteiger partial charge on any atom is -0.369 e. The summed E-state index contributed by atoms with van der Waals surface area (Å²) in [4.78, 5) is 8.77. The number of rotatable bonds is 4. The molecule has 5 nitrogen and oxygen atoms in total. The Bertz CT molecular complexity index is 469. The van der Waals surface area contributed by atoms with Crippen molar-refractivity contribution in [3.05, 3.63) is 17.6 Å². The van der Waals surface area contributed by atoms with Gasteiger partial charge in [-0.2, -0.15) is 5.26 Å². The highest BCUT2D eigenvalue weighted by atomic mass is 15.0. The molecule has 3 rings (SSSR count). The van der Waals surface area contributed by atoms with Gasteiger partial charge in [0.1, 0.15) is 23.3 Å². The molecule has 1 aromatic heterocycles. The van der Waals surface area contributed by atoms with Gasteiger partial charge >= 0.3 is 0 Å². The van der Waals surface area contributed by atoms with E-state index in [-0.39, 0.29) is 0 Å². The second-order valence-corrected chi connectivity index (χ2v) is 5.12. The zero-order valence-corrected chi connectivity index (χ0v) is 10.3. The quantitative estimate of drug-likeness (QED) is 0.832. The summed E-state index contributed by atoms with van der Waals surface area (Å²) in [6.45, 7) is 3.02. The SMILES string of the molecule is N#Cc1cnc(C2CC2)nc1NC[C@H]1CCNC1. The fraction of sp³-hybridized carbons (Fsp3) is 0.615. The highest BCUT2D eigenvalue weighted by molar-refractivity contribution is 5.50. The third kappa shape index (κ3) is 2.44. The first-order valence-corrected chi connectivity index (χ1v) is 6.58. The molecule has 0 bridgehead atoms. The molecule has 0 radical (unpaired) electrons. The van der Waals surface area contributed by atoms with E-state index in [0.29, 0.717) is 23.2 Å². The maximum Gasteiger partial charge on any atom is 0.147 e. The lowest BCUT2D eigenvalue weighted by Crippen LogP contribution is -2.18. The summed E-state index contributed by atoms with van der Waals surface area (Å²) in [6, 6.07) is 2.15. The van der Waals surface area contributed by atoms with Crippen LogP contribution in [-0.2, 0) is 0 Å². The van der Waals surface area contributed by atoms with E-state index in [9.17, 15) is 0 Å². The predicted molar refractivity (Wildman–Crippen MR) is 68.2 cm³/mol. The van der Waals surface area contributed by atoms with E-state index in [1.54, 1.807) is 6.20 Å². The average molecular weight is 243 g/mol. The van der Waals surface area contributed by atoms with E-state index in [1.165, 1.54) is 19.3 Å². The number of nitrogens with one attached hydrogen (secondary N) is 2. The normalized spacial score (nSPS) is 22.7. The summed E-state index contributed by atoms with van der Waals surface area (Å²) < 4.78 is 0. The molecule has 1 saturated carbocycles. The summed E-state index contributed by atoms with van der Waals surface area (Å²) in [5.41, 5.74) is 0.547. The predicted octanol–water partition coefficient (Wildman–Crippen LogP) is 1.25. The van der Waals surface area contributed by atoms with Crippen LogP contribution in [0.15, 0.2) is 6.20 Å². The summed E-state index contributed by atoms with van der Waals surface area (Å²) in [5, 5.41) is 15.7. The monoisotopic (exact) mass is 243 g/mol. The number of nitriles is 1. The molecule has 2 N–H and O–H groups in total. The second-order valence-electron chi connectivity index (χ2n) is 5.12. The molecule has 1 aliphatic carbocycles. The van der Waals surface area contributed by atoms with Crippen molar-refractivity contribution in [2.24, 2.45) is 5.92 Å². The smallest absolute Gasteiger partial charge is 0.147 e. The molecule has 1 saturated heterocycles. The molecule has 94 valence electrons. The first kappa shape index (κ1) is 11.4. The fourth-order valence-corrected chi connectivity index (χ4v) is 2.28. The number of nitrogens with zero attached hydrogens (tertiary/aromatic N) is 3. The Balaban J connectivity index is 1.71. The van der Waals surface area contributed by atoms with Gasteiger partial charge in [0.15, 0.2) is 0 Å². The van der Waals surface area contributed by atoms with E-state index in [1.807, 2.05) is 0 Å². The third-order valence-corrected chi connectivity index (χ3v) is 3.59. The maximum absolute atomic E-state index is 9.07. The zero-order chi connectivity index (χ0) is 12.4. The van der Waals surface area contributed by atoms with Gasteiger partial charge < -0.3 is 10.6 Å². The molecular weight excluding hydrogens is 226 g/mol. The molecule has 1 aliphatic heterocycles. The van der Waals surface area contributed by atoms with Crippen molar-refractivity contribution in [1.82, 2.24) is 15.3 Å². The molecular formula is C13H17N5. The summed E-state index contributed by atoms with van der Waals surface area (Å²) in [5.74, 6) is 2.75. The molecule has 1 atom stereocenters. The van der Waals surface area contributed by atoms with E-state index < -0.39 is 0 Å². The topological polar surface area (TPSA) is 73.6 Å². The van der Waals surface area contributed by atoms with Crippen molar-refractivity contribution in [3.8, 4) is 6.07 Å². The number of aromatic nitrogens is 2. The highest BCUT2D eigenvalue weighted by Crippen LogP contribution is 2.38. The van der Waals surface area contributed by atoms with Gasteiger partial charge in [-0.3, -0.25) is 0 Å². The van der Waals surface area contributed by atoms with E-state index in [4.69, 9.17) is 5.26 Å². The van der Waals surface area contributed by atoms with Gasteiger partial charge in [-0.05, 0) is 38.3 Å². The zero-order valence-electron chi connectivity index (χ0n) is 10.3. The Hall–Kier alpha value is -1.67. The third-order valence-electron chi connectivity index (χ3n) is 3.59. The Labute approximate surface area is 107 Å². The second kappa shape index (κ2) is 4.91. The highest BCUT2D eigenvalue weighted by Gasteiger charge is 2.27. The molecule has 1 aromatic rings. The van der Waals surface area contributed by atoms with Crippen molar-refractivity contribution in [2.45, 2.75) is 25.2 Å². The van der Waals surface area contributed by atoms with Gasteiger partial charge in [0.2, 0.25) is 0 Å². The first-order valence-electron chi connectivity index (χ1n) is 6.58. The van der Waals surface area contributed by atoms with E-state index in [0.717, 1.165) is 25.5 Å². The summed E-state index contributed by atoms with van der Waals surface area (Å²) in [7, 11) is 0. The van der Waals surface area contributed by atoms with Crippen LogP contribution in [0, 0.1) is 17.2 Å². The first-order chi connectivity index (χ1) is 8.86. The van der Waals surface area contributed by atoms with Crippen LogP contribution in [0.3, 0.4) is 0 Å². The van der Waals surface area contributed by atoms with Crippen molar-refractivity contribution in [1.29, 1.82) is 5.26 Å². The Morgan fingerprint density at radius 2 is 2.33 bits per heavy atom. The molecule has 0 aromatic carbocycles. The molecule has 5 heteroatoms. The van der Waals surface area contributed by atoms with Gasteiger partial charge in [0.05, 0.1) is 6.20 Å². The van der Waals surface area contributed by atoms with Gasteiger partial charge in [-0.25, -0.2) is 9.97 Å². The maximum atomic E-state index is 9.07. The van der Waals surface area contributed by atoms with Crippen LogP contribution in [0.4, 0.5) is 5.82 Å². The lowest BCUT2D eigenvalue weighted by atomic mass is 10.1. The van der Waals surface area contributed by atoms with Crippen LogP contribution in [0.1, 0.15) is 36.6 Å². The molecule has 18 heavy (non-hydrogen) atoms. The standard InChI is InChI=1S/C13H17N5/c14-5-11-8-17-12(10-1-2-10)18-13(11)16-7-9-3-4-15-6-9/h8-10,15H,1-4,6-7H2,(H,16,17,18)/t9-/m0/s1. The minimum absolute atomic E-state index is 0.520. The Morgan fingerprint density at radius 3 is 3.00 bits per heavy atom. The number of hydrogen-bond donors (Lipinski definition) is 2. The molecule has 2 heterocycles. The van der Waals surface area contributed by atoms with E-state index in [2.05, 4.69) is 26.7 Å². The van der Waals surface area contributed by atoms with Crippen molar-refractivity contribution in [2.75, 3.05) is 25.0 Å². The average Bonchev–Trinajstić information content (AvgIpc) is 3.13. The van der Waals surface area contributed by atoms with Crippen LogP contribution in [0.2, 0.25) is 0 Å². The van der Waals surface area contributed by atoms with Gasteiger partial charge in [0.25, 0.3) is 0 Å².